The summed E-state index contributed by atoms with van der Waals surface area (Å²) in [6, 6.07) is 6.44. The number of rotatable bonds is 5. The molecule has 0 aromatic heterocycles. The van der Waals surface area contributed by atoms with Gasteiger partial charge < -0.3 is 10.2 Å². The number of phenolic OH excluding ortho intramolecular Hbond substituents is 1. The number of aromatic carboxylic acids is 1. The van der Waals surface area contributed by atoms with E-state index in [1.165, 1.54) is 24.3 Å². The van der Waals surface area contributed by atoms with Crippen molar-refractivity contribution >= 4 is 46.8 Å². The summed E-state index contributed by atoms with van der Waals surface area (Å²) in [5.74, 6) is -1.78. The minimum Gasteiger partial charge on any atom is -0.502 e. The van der Waals surface area contributed by atoms with Crippen molar-refractivity contribution in [1.29, 1.82) is 0 Å². The molecule has 2 aromatic carbocycles. The standard InChI is InChI=1S/C14H9Cl2N3O5/c15-8-3-7(13(20)12(4-8)19(23)24)6-17-18-9-1-2-11(16)10(5-9)14(21)22/h1-6,18,20H,(H,21,22)/b17-6+. The first-order valence-corrected chi connectivity index (χ1v) is 7.04. The highest BCUT2D eigenvalue weighted by Crippen LogP contribution is 2.32. The molecule has 0 saturated heterocycles. The van der Waals surface area contributed by atoms with E-state index in [0.717, 1.165) is 12.3 Å². The normalized spacial score (nSPS) is 10.8. The fourth-order valence-electron chi connectivity index (χ4n) is 1.78. The first kappa shape index (κ1) is 17.5. The third kappa shape index (κ3) is 3.92. The fraction of sp³-hybridized carbons (Fsp3) is 0. The second-order valence-electron chi connectivity index (χ2n) is 4.49. The first-order valence-electron chi connectivity index (χ1n) is 6.28. The Morgan fingerprint density at radius 2 is 2.00 bits per heavy atom. The van der Waals surface area contributed by atoms with Crippen LogP contribution in [0.1, 0.15) is 15.9 Å². The molecule has 0 bridgehead atoms. The fourth-order valence-corrected chi connectivity index (χ4v) is 2.20. The SMILES string of the molecule is O=C(O)c1cc(N/N=C/c2cc(Cl)cc([N+](=O)[O-])c2O)ccc1Cl. The maximum absolute atomic E-state index is 11.0. The van der Waals surface area contributed by atoms with Crippen molar-refractivity contribution in [2.45, 2.75) is 0 Å². The quantitative estimate of drug-likeness (QED) is 0.418. The Morgan fingerprint density at radius 3 is 2.62 bits per heavy atom. The van der Waals surface area contributed by atoms with E-state index in [-0.39, 0.29) is 21.2 Å². The summed E-state index contributed by atoms with van der Waals surface area (Å²) in [6.45, 7) is 0. The number of carboxylic acid groups (broad SMARTS) is 1. The highest BCUT2D eigenvalue weighted by atomic mass is 35.5. The van der Waals surface area contributed by atoms with E-state index in [2.05, 4.69) is 10.5 Å². The number of nitrogens with one attached hydrogen (secondary N) is 1. The minimum absolute atomic E-state index is 0.0223. The summed E-state index contributed by atoms with van der Waals surface area (Å²) in [4.78, 5) is 21.0. The third-order valence-corrected chi connectivity index (χ3v) is 3.42. The van der Waals surface area contributed by atoms with Gasteiger partial charge in [0, 0.05) is 16.7 Å². The van der Waals surface area contributed by atoms with Crippen LogP contribution in [0, 0.1) is 10.1 Å². The lowest BCUT2D eigenvalue weighted by atomic mass is 10.2. The van der Waals surface area contributed by atoms with Gasteiger partial charge in [0.1, 0.15) is 0 Å². The number of carboxylic acids is 1. The van der Waals surface area contributed by atoms with E-state index in [1.54, 1.807) is 0 Å². The Balaban J connectivity index is 2.25. The van der Waals surface area contributed by atoms with E-state index in [4.69, 9.17) is 28.3 Å². The molecule has 0 aliphatic heterocycles. The van der Waals surface area contributed by atoms with E-state index in [0.29, 0.717) is 5.69 Å². The molecule has 2 aromatic rings. The molecule has 0 amide bonds. The van der Waals surface area contributed by atoms with Gasteiger partial charge >= 0.3 is 11.7 Å². The molecule has 10 heteroatoms. The van der Waals surface area contributed by atoms with Gasteiger partial charge in [-0.1, -0.05) is 23.2 Å². The number of hydrazone groups is 1. The number of benzene rings is 2. The molecular weight excluding hydrogens is 361 g/mol. The van der Waals surface area contributed by atoms with Gasteiger partial charge in [0.25, 0.3) is 0 Å². The maximum Gasteiger partial charge on any atom is 0.337 e. The molecule has 0 fully saturated rings. The highest BCUT2D eigenvalue weighted by Gasteiger charge is 2.17. The van der Waals surface area contributed by atoms with Crippen LogP contribution in [0.2, 0.25) is 10.0 Å². The number of anilines is 1. The summed E-state index contributed by atoms with van der Waals surface area (Å²) < 4.78 is 0. The number of hydrogen-bond acceptors (Lipinski definition) is 6. The summed E-state index contributed by atoms with van der Waals surface area (Å²) in [6.07, 6.45) is 1.11. The van der Waals surface area contributed by atoms with Crippen LogP contribution < -0.4 is 5.43 Å². The lowest BCUT2D eigenvalue weighted by molar-refractivity contribution is -0.385. The lowest BCUT2D eigenvalue weighted by Gasteiger charge is -2.04. The van der Waals surface area contributed by atoms with Gasteiger partial charge in [0.05, 0.1) is 27.4 Å². The Hall–Kier alpha value is -2.84. The molecule has 3 N–H and O–H groups in total. The van der Waals surface area contributed by atoms with E-state index in [1.807, 2.05) is 0 Å². The van der Waals surface area contributed by atoms with Gasteiger partial charge in [-0.25, -0.2) is 4.79 Å². The molecule has 0 saturated carbocycles. The Kier molecular flexibility index (Phi) is 5.22. The van der Waals surface area contributed by atoms with Crippen LogP contribution in [-0.4, -0.2) is 27.3 Å². The number of nitro benzene ring substituents is 1. The van der Waals surface area contributed by atoms with Gasteiger partial charge in [-0.3, -0.25) is 15.5 Å². The van der Waals surface area contributed by atoms with Crippen LogP contribution >= 0.6 is 23.2 Å². The third-order valence-electron chi connectivity index (χ3n) is 2.87. The molecular formula is C14H9Cl2N3O5. The van der Waals surface area contributed by atoms with Crippen LogP contribution in [-0.2, 0) is 0 Å². The second kappa shape index (κ2) is 7.16. The van der Waals surface area contributed by atoms with Crippen LogP contribution in [0.15, 0.2) is 35.4 Å². The molecule has 0 heterocycles. The molecule has 8 nitrogen and oxygen atoms in total. The Labute approximate surface area is 145 Å². The molecule has 0 spiro atoms. The molecule has 124 valence electrons. The Morgan fingerprint density at radius 1 is 1.29 bits per heavy atom. The molecule has 2 rings (SSSR count). The number of aromatic hydroxyl groups is 1. The average Bonchev–Trinajstić information content (AvgIpc) is 2.51. The predicted molar refractivity (Wildman–Crippen MR) is 89.4 cm³/mol. The van der Waals surface area contributed by atoms with Crippen molar-refractivity contribution in [2.24, 2.45) is 5.10 Å². The first-order chi connectivity index (χ1) is 11.3. The van der Waals surface area contributed by atoms with E-state index in [9.17, 15) is 20.0 Å². The van der Waals surface area contributed by atoms with Crippen LogP contribution in [0.4, 0.5) is 11.4 Å². The van der Waals surface area contributed by atoms with Crippen molar-refractivity contribution < 1.29 is 19.9 Å². The number of hydrogen-bond donors (Lipinski definition) is 3. The maximum atomic E-state index is 11.0. The van der Waals surface area contributed by atoms with Crippen LogP contribution in [0.5, 0.6) is 5.75 Å². The molecule has 0 radical (unpaired) electrons. The number of phenols is 1. The van der Waals surface area contributed by atoms with Crippen molar-refractivity contribution in [3.8, 4) is 5.75 Å². The summed E-state index contributed by atoms with van der Waals surface area (Å²) >= 11 is 11.5. The summed E-state index contributed by atoms with van der Waals surface area (Å²) in [7, 11) is 0. The summed E-state index contributed by atoms with van der Waals surface area (Å²) in [5, 5.41) is 33.5. The molecule has 24 heavy (non-hydrogen) atoms. The molecule has 0 aliphatic carbocycles. The zero-order valence-corrected chi connectivity index (χ0v) is 13.2. The second-order valence-corrected chi connectivity index (χ2v) is 5.33. The lowest BCUT2D eigenvalue weighted by Crippen LogP contribution is -1.99. The van der Waals surface area contributed by atoms with Crippen molar-refractivity contribution in [3.63, 3.8) is 0 Å². The average molecular weight is 370 g/mol. The minimum atomic E-state index is -1.20. The van der Waals surface area contributed by atoms with Crippen LogP contribution in [0.3, 0.4) is 0 Å². The van der Waals surface area contributed by atoms with Crippen molar-refractivity contribution in [1.82, 2.24) is 0 Å². The largest absolute Gasteiger partial charge is 0.502 e. The van der Waals surface area contributed by atoms with Gasteiger partial charge in [0.15, 0.2) is 0 Å². The number of carbonyl (C=O) groups is 1. The monoisotopic (exact) mass is 369 g/mol. The predicted octanol–water partition coefficient (Wildman–Crippen LogP) is 3.75. The molecule has 0 atom stereocenters. The summed E-state index contributed by atoms with van der Waals surface area (Å²) in [5.41, 5.74) is 2.21. The molecule has 0 unspecified atom stereocenters. The molecule has 0 aliphatic rings. The van der Waals surface area contributed by atoms with Crippen molar-refractivity contribution in [3.05, 3.63) is 61.6 Å². The van der Waals surface area contributed by atoms with Gasteiger partial charge in [0.2, 0.25) is 5.75 Å². The van der Waals surface area contributed by atoms with E-state index >= 15 is 0 Å². The highest BCUT2D eigenvalue weighted by molar-refractivity contribution is 6.33. The zero-order chi connectivity index (χ0) is 17.9. The zero-order valence-electron chi connectivity index (χ0n) is 11.7. The van der Waals surface area contributed by atoms with E-state index < -0.39 is 22.3 Å². The van der Waals surface area contributed by atoms with Crippen molar-refractivity contribution in [2.75, 3.05) is 5.43 Å². The number of halogens is 2. The number of nitrogens with zero attached hydrogens (tertiary/aromatic N) is 2. The number of nitro groups is 1. The van der Waals surface area contributed by atoms with Gasteiger partial charge in [-0.15, -0.1) is 0 Å². The van der Waals surface area contributed by atoms with Gasteiger partial charge in [-0.05, 0) is 24.3 Å². The topological polar surface area (TPSA) is 125 Å². The smallest absolute Gasteiger partial charge is 0.337 e. The van der Waals surface area contributed by atoms with Crippen LogP contribution in [0.25, 0.3) is 0 Å². The Bertz CT molecular complexity index is 855. The van der Waals surface area contributed by atoms with Gasteiger partial charge in [-0.2, -0.15) is 5.10 Å².